The number of benzene rings is 1. The van der Waals surface area contributed by atoms with Crippen molar-refractivity contribution < 1.29 is 99.5 Å². The number of hydrogen-bond donors (Lipinski definition) is 2. The quantitative estimate of drug-likeness (QED) is 0.214. The molecule has 0 unspecified atom stereocenters. The maximum absolute atomic E-state index is 13.5. The minimum absolute atomic E-state index is 0.186. The Labute approximate surface area is 221 Å². The third-order valence-corrected chi connectivity index (χ3v) is 5.22. The van der Waals surface area contributed by atoms with Crippen LogP contribution in [0.25, 0.3) is 0 Å². The van der Waals surface area contributed by atoms with Crippen LogP contribution in [0, 0.1) is 0 Å². The van der Waals surface area contributed by atoms with Crippen LogP contribution in [0.2, 0.25) is 0 Å². The topological polar surface area (TPSA) is 93.1 Å². The molecule has 0 aliphatic rings. The summed E-state index contributed by atoms with van der Waals surface area (Å²) in [5, 5.41) is 15.9. The molecular weight excluding hydrogens is 640 g/mol. The Balaban J connectivity index is 2.82. The lowest BCUT2D eigenvalue weighted by molar-refractivity contribution is -0.422. The number of alkyl halides is 16. The van der Waals surface area contributed by atoms with E-state index in [1.54, 1.807) is 0 Å². The highest BCUT2D eigenvalue weighted by Gasteiger charge is 2.85. The zero-order valence-electron chi connectivity index (χ0n) is 19.7. The van der Waals surface area contributed by atoms with Gasteiger partial charge in [-0.2, -0.15) is 70.2 Å². The van der Waals surface area contributed by atoms with E-state index in [1.807, 2.05) is 0 Å². The van der Waals surface area contributed by atoms with Crippen LogP contribution in [0.4, 0.5) is 70.2 Å². The van der Waals surface area contributed by atoms with Crippen LogP contribution in [0.5, 0.6) is 0 Å². The minimum Gasteiger partial charge on any atom is -0.477 e. The average molecular weight is 654 g/mol. The van der Waals surface area contributed by atoms with Gasteiger partial charge in [-0.25, -0.2) is 9.59 Å². The van der Waals surface area contributed by atoms with E-state index in [-0.39, 0.29) is 11.1 Å². The van der Waals surface area contributed by atoms with Crippen LogP contribution < -0.4 is 0 Å². The van der Waals surface area contributed by atoms with Crippen molar-refractivity contribution in [1.29, 1.82) is 0 Å². The summed E-state index contributed by atoms with van der Waals surface area (Å²) in [5.74, 6) is -49.3. The van der Waals surface area contributed by atoms with Gasteiger partial charge in [-0.05, 0) is 24.0 Å². The molecule has 0 fully saturated rings. The lowest BCUT2D eigenvalue weighted by Crippen LogP contribution is -2.65. The van der Waals surface area contributed by atoms with Crippen molar-refractivity contribution in [3.8, 4) is 0 Å². The summed E-state index contributed by atoms with van der Waals surface area (Å²) in [4.78, 5) is 20.2. The summed E-state index contributed by atoms with van der Waals surface area (Å²) in [6, 6.07) is 3.49. The van der Waals surface area contributed by atoms with Gasteiger partial charge in [0, 0.05) is 0 Å². The van der Waals surface area contributed by atoms with Gasteiger partial charge < -0.3 is 19.7 Å². The number of rotatable bonds is 16. The monoisotopic (exact) mass is 654 g/mol. The standard InChI is InChI=1S/C20H14F16O6/c21-13(22,11(37)38)15(25,26)17(29,30)19(33,34)41-7-5-9-1-2-10(4-3-9)6-8-42-20(35,36)18(31,32)16(27,28)14(23,24)12(39)40/h1-4H,5-8H2,(H,37,38)(H,39,40). The Morgan fingerprint density at radius 1 is 0.500 bits per heavy atom. The number of carboxylic acid groups (broad SMARTS) is 2. The molecule has 1 aromatic carbocycles. The van der Waals surface area contributed by atoms with Crippen LogP contribution in [0.3, 0.4) is 0 Å². The second-order valence-corrected chi connectivity index (χ2v) is 8.10. The summed E-state index contributed by atoms with van der Waals surface area (Å²) in [6.45, 7) is -3.17. The fourth-order valence-electron chi connectivity index (χ4n) is 2.68. The second-order valence-electron chi connectivity index (χ2n) is 8.10. The zero-order valence-corrected chi connectivity index (χ0v) is 19.7. The number of ether oxygens (including phenoxy) is 2. The fourth-order valence-corrected chi connectivity index (χ4v) is 2.68. The Morgan fingerprint density at radius 3 is 0.952 bits per heavy atom. The summed E-state index contributed by atoms with van der Waals surface area (Å²) in [5.41, 5.74) is -0.373. The predicted molar refractivity (Wildman–Crippen MR) is 101 cm³/mol. The Morgan fingerprint density at radius 2 is 0.738 bits per heavy atom. The summed E-state index contributed by atoms with van der Waals surface area (Å²) in [6.07, 6.45) is -14.4. The van der Waals surface area contributed by atoms with Crippen molar-refractivity contribution in [3.63, 3.8) is 0 Å². The average Bonchev–Trinajstić information content (AvgIpc) is 2.83. The first-order valence-electron chi connectivity index (χ1n) is 10.4. The molecule has 0 spiro atoms. The molecule has 0 amide bonds. The lowest BCUT2D eigenvalue weighted by atomic mass is 10.0. The van der Waals surface area contributed by atoms with E-state index in [0.717, 1.165) is 24.3 Å². The molecule has 242 valence electrons. The zero-order chi connectivity index (χ0) is 33.4. The lowest BCUT2D eigenvalue weighted by Gasteiger charge is -2.34. The van der Waals surface area contributed by atoms with E-state index in [2.05, 4.69) is 9.47 Å². The summed E-state index contributed by atoms with van der Waals surface area (Å²) in [7, 11) is 0. The van der Waals surface area contributed by atoms with Crippen LogP contribution in [-0.2, 0) is 31.9 Å². The van der Waals surface area contributed by atoms with E-state index in [9.17, 15) is 79.8 Å². The van der Waals surface area contributed by atoms with Gasteiger partial charge in [0.15, 0.2) is 0 Å². The third-order valence-electron chi connectivity index (χ3n) is 5.22. The molecule has 1 aromatic rings. The number of halogens is 16. The predicted octanol–water partition coefficient (Wildman–Crippen LogP) is 5.97. The van der Waals surface area contributed by atoms with Gasteiger partial charge in [0.1, 0.15) is 0 Å². The highest BCUT2D eigenvalue weighted by molar-refractivity contribution is 5.77. The van der Waals surface area contributed by atoms with Gasteiger partial charge in [-0.3, -0.25) is 0 Å². The molecule has 42 heavy (non-hydrogen) atoms. The van der Waals surface area contributed by atoms with Crippen LogP contribution in [0.15, 0.2) is 24.3 Å². The fraction of sp³-hybridized carbons (Fsp3) is 0.600. The maximum atomic E-state index is 13.5. The highest BCUT2D eigenvalue weighted by atomic mass is 19.4. The summed E-state index contributed by atoms with van der Waals surface area (Å²) >= 11 is 0. The molecule has 1 rings (SSSR count). The van der Waals surface area contributed by atoms with Crippen molar-refractivity contribution in [1.82, 2.24) is 0 Å². The second kappa shape index (κ2) is 11.6. The molecular formula is C20H14F16O6. The van der Waals surface area contributed by atoms with Crippen molar-refractivity contribution in [2.45, 2.75) is 60.6 Å². The Kier molecular flexibility index (Phi) is 10.2. The number of carbonyl (C=O) groups is 2. The van der Waals surface area contributed by atoms with E-state index in [4.69, 9.17) is 10.2 Å². The van der Waals surface area contributed by atoms with Gasteiger partial charge in [0.25, 0.3) is 0 Å². The molecule has 2 N–H and O–H groups in total. The number of carboxylic acids is 2. The molecule has 0 radical (unpaired) electrons. The van der Waals surface area contributed by atoms with E-state index in [1.165, 1.54) is 0 Å². The van der Waals surface area contributed by atoms with Crippen molar-refractivity contribution >= 4 is 11.9 Å². The molecule has 0 aliphatic heterocycles. The van der Waals surface area contributed by atoms with Gasteiger partial charge in [-0.15, -0.1) is 0 Å². The SMILES string of the molecule is O=C(O)C(F)(F)C(F)(F)C(F)(F)C(F)(F)OCCc1ccc(CCOC(F)(F)C(F)(F)C(F)(F)C(F)(F)C(=O)O)cc1. The van der Waals surface area contributed by atoms with Gasteiger partial charge in [0.2, 0.25) is 0 Å². The van der Waals surface area contributed by atoms with Crippen molar-refractivity contribution in [3.05, 3.63) is 35.4 Å². The third kappa shape index (κ3) is 6.32. The van der Waals surface area contributed by atoms with Crippen LogP contribution in [-0.4, -0.2) is 83.1 Å². The number of aliphatic carboxylic acids is 2. The largest absolute Gasteiger partial charge is 0.477 e. The van der Waals surface area contributed by atoms with Gasteiger partial charge in [-0.1, -0.05) is 24.3 Å². The van der Waals surface area contributed by atoms with Crippen molar-refractivity contribution in [2.24, 2.45) is 0 Å². The first-order valence-corrected chi connectivity index (χ1v) is 10.4. The van der Waals surface area contributed by atoms with Crippen LogP contribution in [0.1, 0.15) is 11.1 Å². The molecule has 22 heteroatoms. The maximum Gasteiger partial charge on any atom is 0.426 e. The van der Waals surface area contributed by atoms with E-state index in [0.29, 0.717) is 0 Å². The number of hydrogen-bond acceptors (Lipinski definition) is 4. The first-order chi connectivity index (χ1) is 18.5. The Bertz CT molecular complexity index is 1030. The smallest absolute Gasteiger partial charge is 0.426 e. The van der Waals surface area contributed by atoms with Crippen LogP contribution >= 0.6 is 0 Å². The molecule has 0 saturated heterocycles. The minimum atomic E-state index is -7.13. The molecule has 0 heterocycles. The summed E-state index contributed by atoms with van der Waals surface area (Å²) < 4.78 is 219. The van der Waals surface area contributed by atoms with Crippen molar-refractivity contribution in [2.75, 3.05) is 13.2 Å². The van der Waals surface area contributed by atoms with E-state index >= 15 is 0 Å². The molecule has 0 aliphatic carbocycles. The highest BCUT2D eigenvalue weighted by Crippen LogP contribution is 2.54. The first kappa shape index (κ1) is 37.0. The molecule has 0 atom stereocenters. The van der Waals surface area contributed by atoms with Gasteiger partial charge in [0.05, 0.1) is 13.2 Å². The molecule has 0 bridgehead atoms. The Hall–Kier alpha value is -3.04. The molecule has 6 nitrogen and oxygen atoms in total. The molecule has 0 saturated carbocycles. The molecule has 0 aromatic heterocycles. The normalized spacial score (nSPS) is 14.7. The van der Waals surface area contributed by atoms with E-state index < -0.39 is 85.7 Å². The van der Waals surface area contributed by atoms with Gasteiger partial charge >= 0.3 is 59.7 Å².